The van der Waals surface area contributed by atoms with Gasteiger partial charge in [0.2, 0.25) is 0 Å². The molecule has 1 heterocycles. The molecule has 7 heteroatoms. The van der Waals surface area contributed by atoms with Crippen LogP contribution in [0.3, 0.4) is 0 Å². The zero-order valence-electron chi connectivity index (χ0n) is 15.6. The molecule has 0 aromatic heterocycles. The second-order valence-corrected chi connectivity index (χ2v) is 6.27. The number of carbonyl (C=O) groups is 1. The molecule has 1 aliphatic rings. The lowest BCUT2D eigenvalue weighted by Gasteiger charge is -2.23. The number of urea groups is 1. The van der Waals surface area contributed by atoms with Gasteiger partial charge in [0.1, 0.15) is 23.4 Å². The Kier molecular flexibility index (Phi) is 6.38. The Morgan fingerprint density at radius 1 is 0.889 bits per heavy atom. The van der Waals surface area contributed by atoms with Crippen molar-refractivity contribution in [2.24, 2.45) is 0 Å². The maximum absolute atomic E-state index is 12.2. The molecule has 0 unspecified atom stereocenters. The third kappa shape index (κ3) is 5.52. The molecule has 3 N–H and O–H groups in total. The van der Waals surface area contributed by atoms with Crippen LogP contribution < -0.4 is 30.2 Å². The number of piperidine rings is 1. The average Bonchev–Trinajstić information content (AvgIpc) is 2.70. The molecule has 0 aliphatic carbocycles. The molecule has 7 nitrogen and oxygen atoms in total. The number of rotatable bonds is 6. The van der Waals surface area contributed by atoms with E-state index in [0.29, 0.717) is 22.9 Å². The van der Waals surface area contributed by atoms with Crippen molar-refractivity contribution >= 4 is 17.4 Å². The lowest BCUT2D eigenvalue weighted by Crippen LogP contribution is -2.34. The van der Waals surface area contributed by atoms with Crippen LogP contribution in [0, 0.1) is 0 Å². The normalized spacial score (nSPS) is 14.3. The highest BCUT2D eigenvalue weighted by Gasteiger charge is 2.14. The molecule has 1 aliphatic heterocycles. The number of carbonyl (C=O) groups excluding carboxylic acids is 1. The van der Waals surface area contributed by atoms with Gasteiger partial charge in [-0.3, -0.25) is 0 Å². The molecule has 27 heavy (non-hydrogen) atoms. The molecule has 2 amide bonds. The van der Waals surface area contributed by atoms with Crippen LogP contribution in [0.2, 0.25) is 0 Å². The van der Waals surface area contributed by atoms with Gasteiger partial charge in [0.25, 0.3) is 0 Å². The summed E-state index contributed by atoms with van der Waals surface area (Å²) in [5, 5.41) is 8.89. The third-order valence-electron chi connectivity index (χ3n) is 4.31. The lowest BCUT2D eigenvalue weighted by atomic mass is 10.1. The average molecular weight is 371 g/mol. The van der Waals surface area contributed by atoms with E-state index < -0.39 is 0 Å². The Labute approximate surface area is 159 Å². The van der Waals surface area contributed by atoms with Gasteiger partial charge in [-0.1, -0.05) is 0 Å². The van der Waals surface area contributed by atoms with E-state index in [9.17, 15) is 4.79 Å². The molecule has 2 aromatic rings. The predicted octanol–water partition coefficient (Wildman–Crippen LogP) is 3.48. The van der Waals surface area contributed by atoms with Crippen molar-refractivity contribution in [1.29, 1.82) is 0 Å². The quantitative estimate of drug-likeness (QED) is 0.724. The number of hydrogen-bond acceptors (Lipinski definition) is 5. The fourth-order valence-electron chi connectivity index (χ4n) is 2.90. The topological polar surface area (TPSA) is 80.9 Å². The molecule has 2 aromatic carbocycles. The molecule has 1 saturated heterocycles. The summed E-state index contributed by atoms with van der Waals surface area (Å²) in [5.74, 6) is 2.01. The van der Waals surface area contributed by atoms with Crippen LogP contribution in [0.4, 0.5) is 16.2 Å². The van der Waals surface area contributed by atoms with Crippen LogP contribution in [-0.4, -0.2) is 39.4 Å². The van der Waals surface area contributed by atoms with Gasteiger partial charge < -0.3 is 30.2 Å². The molecule has 0 atom stereocenters. The van der Waals surface area contributed by atoms with Gasteiger partial charge in [0.05, 0.1) is 14.2 Å². The van der Waals surface area contributed by atoms with Crippen molar-refractivity contribution < 1.29 is 19.0 Å². The van der Waals surface area contributed by atoms with Crippen molar-refractivity contribution in [3.8, 4) is 17.2 Å². The van der Waals surface area contributed by atoms with E-state index in [4.69, 9.17) is 14.2 Å². The fourth-order valence-corrected chi connectivity index (χ4v) is 2.90. The highest BCUT2D eigenvalue weighted by molar-refractivity contribution is 6.00. The van der Waals surface area contributed by atoms with Gasteiger partial charge in [-0.15, -0.1) is 0 Å². The van der Waals surface area contributed by atoms with Gasteiger partial charge in [-0.25, -0.2) is 4.79 Å². The number of hydrogen-bond donors (Lipinski definition) is 3. The Bertz CT molecular complexity index is 736. The van der Waals surface area contributed by atoms with E-state index in [1.807, 2.05) is 24.3 Å². The van der Waals surface area contributed by atoms with Crippen molar-refractivity contribution in [2.75, 3.05) is 37.9 Å². The molecular weight excluding hydrogens is 346 g/mol. The largest absolute Gasteiger partial charge is 0.497 e. The molecule has 3 rings (SSSR count). The lowest BCUT2D eigenvalue weighted by molar-refractivity contribution is 0.162. The zero-order chi connectivity index (χ0) is 19.1. The second kappa shape index (κ2) is 9.14. The molecule has 0 bridgehead atoms. The number of ether oxygens (including phenoxy) is 3. The summed E-state index contributed by atoms with van der Waals surface area (Å²) < 4.78 is 16.4. The van der Waals surface area contributed by atoms with E-state index in [1.165, 1.54) is 0 Å². The first kappa shape index (κ1) is 18.8. The van der Waals surface area contributed by atoms with Crippen LogP contribution in [0.1, 0.15) is 12.8 Å². The molecule has 0 radical (unpaired) electrons. The SMILES string of the molecule is COc1cc(NC(=O)Nc2ccc(OC3CCNCC3)cc2)cc(OC)c1. The summed E-state index contributed by atoms with van der Waals surface area (Å²) in [6, 6.07) is 12.2. The molecule has 0 spiro atoms. The number of nitrogens with one attached hydrogen (secondary N) is 3. The van der Waals surface area contributed by atoms with Crippen molar-refractivity contribution in [3.05, 3.63) is 42.5 Å². The van der Waals surface area contributed by atoms with Crippen LogP contribution in [0.5, 0.6) is 17.2 Å². The summed E-state index contributed by atoms with van der Waals surface area (Å²) >= 11 is 0. The van der Waals surface area contributed by atoms with Crippen LogP contribution in [0.25, 0.3) is 0 Å². The van der Waals surface area contributed by atoms with Gasteiger partial charge in [-0.05, 0) is 50.2 Å². The smallest absolute Gasteiger partial charge is 0.323 e. The number of amides is 2. The van der Waals surface area contributed by atoms with E-state index in [0.717, 1.165) is 31.7 Å². The third-order valence-corrected chi connectivity index (χ3v) is 4.31. The van der Waals surface area contributed by atoms with Crippen LogP contribution in [0.15, 0.2) is 42.5 Å². The summed E-state index contributed by atoms with van der Waals surface area (Å²) in [5.41, 5.74) is 1.26. The Morgan fingerprint density at radius 2 is 1.48 bits per heavy atom. The monoisotopic (exact) mass is 371 g/mol. The van der Waals surface area contributed by atoms with E-state index in [-0.39, 0.29) is 12.1 Å². The Morgan fingerprint density at radius 3 is 2.07 bits per heavy atom. The first-order valence-electron chi connectivity index (χ1n) is 8.95. The van der Waals surface area contributed by atoms with Crippen molar-refractivity contribution in [2.45, 2.75) is 18.9 Å². The minimum Gasteiger partial charge on any atom is -0.497 e. The van der Waals surface area contributed by atoms with E-state index >= 15 is 0 Å². The number of methoxy groups -OCH3 is 2. The molecule has 0 saturated carbocycles. The van der Waals surface area contributed by atoms with Gasteiger partial charge in [-0.2, -0.15) is 0 Å². The Balaban J connectivity index is 1.56. The molecular formula is C20H25N3O4. The molecule has 144 valence electrons. The summed E-state index contributed by atoms with van der Waals surface area (Å²) in [6.07, 6.45) is 2.26. The maximum Gasteiger partial charge on any atom is 0.323 e. The first-order valence-corrected chi connectivity index (χ1v) is 8.95. The van der Waals surface area contributed by atoms with Gasteiger partial charge in [0.15, 0.2) is 0 Å². The van der Waals surface area contributed by atoms with Crippen LogP contribution in [-0.2, 0) is 0 Å². The highest BCUT2D eigenvalue weighted by atomic mass is 16.5. The Hall–Kier alpha value is -2.93. The van der Waals surface area contributed by atoms with Gasteiger partial charge in [0, 0.05) is 29.6 Å². The maximum atomic E-state index is 12.2. The van der Waals surface area contributed by atoms with Gasteiger partial charge >= 0.3 is 6.03 Å². The minimum atomic E-state index is -0.350. The minimum absolute atomic E-state index is 0.247. The fraction of sp³-hybridized carbons (Fsp3) is 0.350. The molecule has 1 fully saturated rings. The van der Waals surface area contributed by atoms with Crippen molar-refractivity contribution in [3.63, 3.8) is 0 Å². The van der Waals surface area contributed by atoms with Crippen molar-refractivity contribution in [1.82, 2.24) is 5.32 Å². The predicted molar refractivity (Wildman–Crippen MR) is 105 cm³/mol. The summed E-state index contributed by atoms with van der Waals surface area (Å²) in [7, 11) is 3.12. The second-order valence-electron chi connectivity index (χ2n) is 6.27. The zero-order valence-corrected chi connectivity index (χ0v) is 15.6. The summed E-state index contributed by atoms with van der Waals surface area (Å²) in [6.45, 7) is 1.97. The van der Waals surface area contributed by atoms with E-state index in [2.05, 4.69) is 16.0 Å². The summed E-state index contributed by atoms with van der Waals surface area (Å²) in [4.78, 5) is 12.2. The highest BCUT2D eigenvalue weighted by Crippen LogP contribution is 2.26. The number of benzene rings is 2. The first-order chi connectivity index (χ1) is 13.2. The standard InChI is InChI=1S/C20H25N3O4/c1-25-18-11-15(12-19(13-18)26-2)23-20(24)22-14-3-5-16(6-4-14)27-17-7-9-21-10-8-17/h3-6,11-13,17,21H,7-10H2,1-2H3,(H2,22,23,24). The van der Waals surface area contributed by atoms with Crippen LogP contribution >= 0.6 is 0 Å². The van der Waals surface area contributed by atoms with E-state index in [1.54, 1.807) is 32.4 Å². The number of anilines is 2.